The Bertz CT molecular complexity index is 518. The Morgan fingerprint density at radius 2 is 2.28 bits per heavy atom. The van der Waals surface area contributed by atoms with Crippen molar-refractivity contribution in [1.82, 2.24) is 10.3 Å². The van der Waals surface area contributed by atoms with Crippen molar-refractivity contribution in [2.24, 2.45) is 5.14 Å². The molecule has 1 aromatic rings. The van der Waals surface area contributed by atoms with Crippen molar-refractivity contribution in [3.05, 3.63) is 17.3 Å². The summed E-state index contributed by atoms with van der Waals surface area (Å²) in [5.74, 6) is 0.229. The zero-order chi connectivity index (χ0) is 12.5. The van der Waals surface area contributed by atoms with E-state index < -0.39 is 10.0 Å². The number of primary sulfonamides is 1. The van der Waals surface area contributed by atoms with Crippen LogP contribution in [0.25, 0.3) is 0 Å². The van der Waals surface area contributed by atoms with E-state index in [1.165, 1.54) is 6.07 Å². The summed E-state index contributed by atoms with van der Waals surface area (Å²) in [6.45, 7) is 1.62. The van der Waals surface area contributed by atoms with E-state index in [0.717, 1.165) is 25.7 Å². The summed E-state index contributed by atoms with van der Waals surface area (Å²) in [5, 5.41) is 8.24. The van der Waals surface area contributed by atoms with E-state index in [4.69, 9.17) is 21.5 Å². The lowest BCUT2D eigenvalue weighted by Gasteiger charge is -2.12. The monoisotopic (exact) mass is 313 g/mol. The molecule has 1 saturated heterocycles. The van der Waals surface area contributed by atoms with Crippen LogP contribution in [0.1, 0.15) is 6.42 Å². The molecule has 3 N–H and O–H groups in total. The highest BCUT2D eigenvalue weighted by molar-refractivity contribution is 7.89. The third kappa shape index (κ3) is 3.69. The molecule has 0 aromatic carbocycles. The van der Waals surface area contributed by atoms with Crippen LogP contribution in [-0.2, 0) is 10.0 Å². The molecule has 0 radical (unpaired) electrons. The summed E-state index contributed by atoms with van der Waals surface area (Å²) in [7, 11) is -3.78. The molecular formula is C9H13Cl2N3O3S. The average molecular weight is 314 g/mol. The predicted octanol–water partition coefficient (Wildman–Crippen LogP) is 0.545. The van der Waals surface area contributed by atoms with Gasteiger partial charge in [-0.3, -0.25) is 0 Å². The topological polar surface area (TPSA) is 94.3 Å². The van der Waals surface area contributed by atoms with Crippen LogP contribution in [0.3, 0.4) is 0 Å². The number of nitrogens with zero attached hydrogens (tertiary/aromatic N) is 1. The van der Waals surface area contributed by atoms with Gasteiger partial charge in [0.15, 0.2) is 0 Å². The standard InChI is InChI=1S/C9H12ClN3O3S.ClH/c10-8-3-7(17(11,14)15)5-13-9(8)16-6-1-2-12-4-6;/h3,5-6,12H,1-2,4H2,(H2,11,14,15);1H. The number of sulfonamides is 1. The fourth-order valence-corrected chi connectivity index (χ4v) is 2.29. The van der Waals surface area contributed by atoms with Gasteiger partial charge in [0.25, 0.3) is 0 Å². The minimum absolute atomic E-state index is 0. The SMILES string of the molecule is Cl.NS(=O)(=O)c1cnc(OC2CCNC2)c(Cl)c1. The minimum Gasteiger partial charge on any atom is -0.472 e. The van der Waals surface area contributed by atoms with Crippen molar-refractivity contribution in [3.8, 4) is 5.88 Å². The Morgan fingerprint density at radius 1 is 1.56 bits per heavy atom. The number of rotatable bonds is 3. The van der Waals surface area contributed by atoms with Crippen molar-refractivity contribution >= 4 is 34.0 Å². The molecule has 1 aliphatic rings. The molecule has 0 spiro atoms. The van der Waals surface area contributed by atoms with Gasteiger partial charge in [0, 0.05) is 6.54 Å². The predicted molar refractivity (Wildman–Crippen MR) is 69.8 cm³/mol. The first-order valence-electron chi connectivity index (χ1n) is 5.02. The summed E-state index contributed by atoms with van der Waals surface area (Å²) in [6.07, 6.45) is 2.02. The van der Waals surface area contributed by atoms with Gasteiger partial charge in [0.05, 0.1) is 6.20 Å². The molecule has 0 saturated carbocycles. The van der Waals surface area contributed by atoms with Crippen LogP contribution in [0.2, 0.25) is 5.02 Å². The molecule has 0 aliphatic carbocycles. The van der Waals surface area contributed by atoms with Gasteiger partial charge < -0.3 is 10.1 Å². The molecule has 2 heterocycles. The van der Waals surface area contributed by atoms with Crippen LogP contribution in [-0.4, -0.2) is 32.6 Å². The first-order chi connectivity index (χ1) is 7.97. The number of ether oxygens (including phenoxy) is 1. The number of nitrogens with one attached hydrogen (secondary N) is 1. The molecule has 0 bridgehead atoms. The average Bonchev–Trinajstić information content (AvgIpc) is 2.72. The van der Waals surface area contributed by atoms with Gasteiger partial charge in [-0.15, -0.1) is 12.4 Å². The van der Waals surface area contributed by atoms with E-state index in [-0.39, 0.29) is 34.3 Å². The van der Waals surface area contributed by atoms with E-state index in [1.54, 1.807) is 0 Å². The highest BCUT2D eigenvalue weighted by atomic mass is 35.5. The fourth-order valence-electron chi connectivity index (χ4n) is 1.54. The molecule has 2 rings (SSSR count). The Balaban J connectivity index is 0.00000162. The van der Waals surface area contributed by atoms with Crippen LogP contribution >= 0.6 is 24.0 Å². The second-order valence-corrected chi connectivity index (χ2v) is 5.70. The first kappa shape index (κ1) is 15.5. The number of hydrogen-bond acceptors (Lipinski definition) is 5. The van der Waals surface area contributed by atoms with Gasteiger partial charge in [0.1, 0.15) is 16.0 Å². The molecule has 18 heavy (non-hydrogen) atoms. The van der Waals surface area contributed by atoms with E-state index in [2.05, 4.69) is 10.3 Å². The number of aromatic nitrogens is 1. The summed E-state index contributed by atoms with van der Waals surface area (Å²) in [5.41, 5.74) is 0. The molecule has 9 heteroatoms. The van der Waals surface area contributed by atoms with Gasteiger partial charge in [-0.1, -0.05) is 11.6 Å². The molecule has 0 amide bonds. The number of halogens is 2. The summed E-state index contributed by atoms with van der Waals surface area (Å²) in [4.78, 5) is 3.74. The zero-order valence-corrected chi connectivity index (χ0v) is 11.7. The normalized spacial score (nSPS) is 19.3. The van der Waals surface area contributed by atoms with Crippen LogP contribution in [0.5, 0.6) is 5.88 Å². The quantitative estimate of drug-likeness (QED) is 0.849. The van der Waals surface area contributed by atoms with Crippen LogP contribution in [0.15, 0.2) is 17.2 Å². The maximum absolute atomic E-state index is 11.1. The van der Waals surface area contributed by atoms with Gasteiger partial charge in [-0.25, -0.2) is 18.5 Å². The van der Waals surface area contributed by atoms with E-state index >= 15 is 0 Å². The lowest BCUT2D eigenvalue weighted by Crippen LogP contribution is -2.20. The van der Waals surface area contributed by atoms with E-state index in [1.807, 2.05) is 0 Å². The first-order valence-corrected chi connectivity index (χ1v) is 6.95. The lowest BCUT2D eigenvalue weighted by atomic mass is 10.3. The molecule has 102 valence electrons. The van der Waals surface area contributed by atoms with E-state index in [9.17, 15) is 8.42 Å². The van der Waals surface area contributed by atoms with Crippen LogP contribution in [0.4, 0.5) is 0 Å². The molecular weight excluding hydrogens is 301 g/mol. The molecule has 1 aromatic heterocycles. The summed E-state index contributed by atoms with van der Waals surface area (Å²) < 4.78 is 27.7. The number of pyridine rings is 1. The fraction of sp³-hybridized carbons (Fsp3) is 0.444. The van der Waals surface area contributed by atoms with Gasteiger partial charge in [0.2, 0.25) is 15.9 Å². The highest BCUT2D eigenvalue weighted by Gasteiger charge is 2.19. The Labute approximate surface area is 116 Å². The van der Waals surface area contributed by atoms with Crippen LogP contribution in [0, 0.1) is 0 Å². The lowest BCUT2D eigenvalue weighted by molar-refractivity contribution is 0.214. The maximum atomic E-state index is 11.1. The number of hydrogen-bond donors (Lipinski definition) is 2. The third-order valence-corrected chi connectivity index (χ3v) is 3.56. The largest absolute Gasteiger partial charge is 0.472 e. The summed E-state index contributed by atoms with van der Waals surface area (Å²) in [6, 6.07) is 1.24. The minimum atomic E-state index is -3.78. The van der Waals surface area contributed by atoms with Crippen molar-refractivity contribution < 1.29 is 13.2 Å². The summed E-state index contributed by atoms with van der Waals surface area (Å²) >= 11 is 5.89. The van der Waals surface area contributed by atoms with E-state index in [0.29, 0.717) is 0 Å². The second kappa shape index (κ2) is 6.03. The Kier molecular flexibility index (Phi) is 5.18. The van der Waals surface area contributed by atoms with Gasteiger partial charge in [-0.05, 0) is 19.0 Å². The molecule has 1 aliphatic heterocycles. The van der Waals surface area contributed by atoms with Crippen molar-refractivity contribution in [3.63, 3.8) is 0 Å². The van der Waals surface area contributed by atoms with Crippen LogP contribution < -0.4 is 15.2 Å². The van der Waals surface area contributed by atoms with Gasteiger partial charge >= 0.3 is 0 Å². The molecule has 1 atom stereocenters. The molecule has 6 nitrogen and oxygen atoms in total. The molecule has 1 fully saturated rings. The Morgan fingerprint density at radius 3 is 2.78 bits per heavy atom. The van der Waals surface area contributed by atoms with Crippen molar-refractivity contribution in [2.75, 3.05) is 13.1 Å². The number of nitrogens with two attached hydrogens (primary N) is 1. The highest BCUT2D eigenvalue weighted by Crippen LogP contribution is 2.25. The second-order valence-electron chi connectivity index (χ2n) is 3.74. The van der Waals surface area contributed by atoms with Gasteiger partial charge in [-0.2, -0.15) is 0 Å². The smallest absolute Gasteiger partial charge is 0.239 e. The molecule has 1 unspecified atom stereocenters. The third-order valence-electron chi connectivity index (χ3n) is 2.40. The zero-order valence-electron chi connectivity index (χ0n) is 9.30. The van der Waals surface area contributed by atoms with Crippen molar-refractivity contribution in [1.29, 1.82) is 0 Å². The van der Waals surface area contributed by atoms with Crippen molar-refractivity contribution in [2.45, 2.75) is 17.4 Å². The Hall–Kier alpha value is -0.600. The maximum Gasteiger partial charge on any atom is 0.239 e.